The fourth-order valence-corrected chi connectivity index (χ4v) is 8.02. The van der Waals surface area contributed by atoms with E-state index in [0.717, 1.165) is 55.9 Å². The monoisotopic (exact) mass is 952 g/mol. The van der Waals surface area contributed by atoms with Crippen molar-refractivity contribution in [1.29, 1.82) is 0 Å². The van der Waals surface area contributed by atoms with Crippen LogP contribution < -0.4 is 14.5 Å². The van der Waals surface area contributed by atoms with Gasteiger partial charge in [0.1, 0.15) is 5.82 Å². The van der Waals surface area contributed by atoms with E-state index in [2.05, 4.69) is 222 Å². The standard InChI is InChI=1S/C53H49N4O.Pt/c1-51(2,3)37-27-28-54-50(32-37)57-46-22-13-12-21-44(46)45-26-25-42(34-49(45)57)58-43-31-39(52(4,5)6)30-41(33-43)56-35-55(47-23-14-15-24-48(47)56)40-20-16-19-38(29-40)53(7,8)36-17-10-9-11-18-36;/h9-32,35H,1-8H3;/q-3;. The molecular formula is C53H49N4OPt-3. The van der Waals surface area contributed by atoms with Crippen molar-refractivity contribution >= 4 is 44.6 Å². The van der Waals surface area contributed by atoms with Crippen LogP contribution in [0, 0.1) is 18.8 Å². The van der Waals surface area contributed by atoms with Gasteiger partial charge in [0.05, 0.1) is 0 Å². The normalized spacial score (nSPS) is 13.2. The van der Waals surface area contributed by atoms with Crippen LogP contribution in [0.25, 0.3) is 27.6 Å². The zero-order chi connectivity index (χ0) is 40.4. The number of nitrogens with zero attached hydrogens (tertiary/aromatic N) is 4. The van der Waals surface area contributed by atoms with Crippen LogP contribution in [0.15, 0.2) is 146 Å². The van der Waals surface area contributed by atoms with E-state index in [-0.39, 0.29) is 37.3 Å². The van der Waals surface area contributed by atoms with Crippen LogP contribution in [-0.2, 0) is 37.3 Å². The van der Waals surface area contributed by atoms with E-state index >= 15 is 0 Å². The van der Waals surface area contributed by atoms with Crippen LogP contribution in [0.3, 0.4) is 0 Å². The van der Waals surface area contributed by atoms with Gasteiger partial charge in [-0.05, 0) is 75.4 Å². The first kappa shape index (κ1) is 40.2. The fraction of sp³-hybridized carbons (Fsp3) is 0.208. The Morgan fingerprint density at radius 3 is 1.97 bits per heavy atom. The molecule has 1 aliphatic heterocycles. The van der Waals surface area contributed by atoms with Crippen LogP contribution >= 0.6 is 0 Å². The molecule has 3 heterocycles. The van der Waals surface area contributed by atoms with Gasteiger partial charge in [0.25, 0.3) is 0 Å². The number of aromatic nitrogens is 2. The summed E-state index contributed by atoms with van der Waals surface area (Å²) < 4.78 is 8.99. The Labute approximate surface area is 363 Å². The summed E-state index contributed by atoms with van der Waals surface area (Å²) in [7, 11) is 0. The SMILES string of the molecule is CC(C)(C)c1cc(Oc2[c-]c3c(cc2)c2ccccc2n3-c2cc(C(C)(C)C)ccn2)[c-]c(N2[CH-]N(c3cccc(C(C)(C)c4ccccc4)c3)c3ccccc32)c1.[Pt]. The molecule has 9 rings (SSSR count). The Morgan fingerprint density at radius 2 is 1.22 bits per heavy atom. The van der Waals surface area contributed by atoms with Crippen LogP contribution in [0.2, 0.25) is 0 Å². The minimum Gasteiger partial charge on any atom is -0.509 e. The maximum absolute atomic E-state index is 6.78. The predicted molar refractivity (Wildman–Crippen MR) is 240 cm³/mol. The fourth-order valence-electron chi connectivity index (χ4n) is 8.02. The molecule has 2 aromatic heterocycles. The number of benzene rings is 6. The van der Waals surface area contributed by atoms with Gasteiger partial charge in [0.15, 0.2) is 0 Å². The molecule has 0 N–H and O–H groups in total. The van der Waals surface area contributed by atoms with Crippen LogP contribution in [0.5, 0.6) is 11.5 Å². The number of rotatable bonds is 7. The second-order valence-corrected chi connectivity index (χ2v) is 17.9. The van der Waals surface area contributed by atoms with Crippen molar-refractivity contribution in [2.75, 3.05) is 9.80 Å². The maximum Gasteiger partial charge on any atom is 0.135 e. The Hall–Kier alpha value is -5.64. The molecule has 0 aliphatic carbocycles. The third-order valence-electron chi connectivity index (χ3n) is 11.5. The van der Waals surface area contributed by atoms with Gasteiger partial charge in [-0.1, -0.05) is 134 Å². The molecule has 0 fully saturated rings. The van der Waals surface area contributed by atoms with E-state index in [0.29, 0.717) is 11.5 Å². The first-order chi connectivity index (χ1) is 27.8. The molecule has 0 spiro atoms. The molecule has 1 aliphatic rings. The molecule has 0 radical (unpaired) electrons. The van der Waals surface area contributed by atoms with Gasteiger partial charge in [0, 0.05) is 66.8 Å². The summed E-state index contributed by atoms with van der Waals surface area (Å²) in [5.41, 5.74) is 10.7. The van der Waals surface area contributed by atoms with Crippen molar-refractivity contribution in [1.82, 2.24) is 9.55 Å². The Morgan fingerprint density at radius 1 is 0.542 bits per heavy atom. The number of pyridine rings is 1. The van der Waals surface area contributed by atoms with E-state index in [9.17, 15) is 0 Å². The van der Waals surface area contributed by atoms with E-state index in [1.807, 2.05) is 12.3 Å². The third kappa shape index (κ3) is 7.47. The van der Waals surface area contributed by atoms with Gasteiger partial charge >= 0.3 is 0 Å². The summed E-state index contributed by atoms with van der Waals surface area (Å²) in [5.74, 6) is 2.10. The summed E-state index contributed by atoms with van der Waals surface area (Å²) in [5, 5.41) is 2.24. The Bertz CT molecular complexity index is 2810. The minimum absolute atomic E-state index is 0. The molecule has 59 heavy (non-hydrogen) atoms. The second-order valence-electron chi connectivity index (χ2n) is 17.9. The topological polar surface area (TPSA) is 33.5 Å². The average Bonchev–Trinajstić information content (AvgIpc) is 3.77. The predicted octanol–water partition coefficient (Wildman–Crippen LogP) is 13.9. The Balaban J connectivity index is 0.00000484. The molecule has 0 saturated heterocycles. The van der Waals surface area contributed by atoms with Crippen molar-refractivity contribution in [3.63, 3.8) is 0 Å². The van der Waals surface area contributed by atoms with Crippen molar-refractivity contribution in [3.05, 3.63) is 187 Å². The van der Waals surface area contributed by atoms with E-state index in [1.165, 1.54) is 16.7 Å². The molecule has 0 amide bonds. The molecular weight excluding hydrogens is 904 g/mol. The molecule has 5 nitrogen and oxygen atoms in total. The average molecular weight is 953 g/mol. The summed E-state index contributed by atoms with van der Waals surface area (Å²) >= 11 is 0. The number of hydrogen-bond acceptors (Lipinski definition) is 4. The van der Waals surface area contributed by atoms with Crippen molar-refractivity contribution in [3.8, 4) is 17.3 Å². The van der Waals surface area contributed by atoms with Crippen LogP contribution in [0.1, 0.15) is 77.6 Å². The van der Waals surface area contributed by atoms with Gasteiger partial charge in [0.2, 0.25) is 0 Å². The molecule has 0 unspecified atom stereocenters. The zero-order valence-corrected chi connectivity index (χ0v) is 37.2. The molecule has 0 atom stereocenters. The first-order valence-electron chi connectivity index (χ1n) is 20.1. The van der Waals surface area contributed by atoms with Crippen molar-refractivity contribution in [2.24, 2.45) is 0 Å². The van der Waals surface area contributed by atoms with E-state index < -0.39 is 0 Å². The van der Waals surface area contributed by atoms with Gasteiger partial charge in [-0.15, -0.1) is 53.6 Å². The first-order valence-corrected chi connectivity index (χ1v) is 20.1. The molecule has 0 bridgehead atoms. The quantitative estimate of drug-likeness (QED) is 0.149. The van der Waals surface area contributed by atoms with E-state index in [1.54, 1.807) is 0 Å². The number of anilines is 4. The van der Waals surface area contributed by atoms with Gasteiger partial charge in [-0.3, -0.25) is 0 Å². The number of fused-ring (bicyclic) bond motifs is 4. The molecule has 0 saturated carbocycles. The van der Waals surface area contributed by atoms with Gasteiger partial charge in [-0.25, -0.2) is 4.98 Å². The third-order valence-corrected chi connectivity index (χ3v) is 11.5. The largest absolute Gasteiger partial charge is 0.509 e. The smallest absolute Gasteiger partial charge is 0.135 e. The number of ether oxygens (including phenoxy) is 1. The van der Waals surface area contributed by atoms with Crippen LogP contribution in [0.4, 0.5) is 22.7 Å². The van der Waals surface area contributed by atoms with Crippen LogP contribution in [-0.4, -0.2) is 9.55 Å². The molecule has 8 aromatic rings. The van der Waals surface area contributed by atoms with Crippen molar-refractivity contribution in [2.45, 2.75) is 71.6 Å². The van der Waals surface area contributed by atoms with Gasteiger partial charge < -0.3 is 19.1 Å². The summed E-state index contributed by atoms with van der Waals surface area (Å²) in [4.78, 5) is 9.37. The number of para-hydroxylation sites is 3. The maximum atomic E-state index is 6.78. The number of hydrogen-bond donors (Lipinski definition) is 0. The molecule has 6 heteroatoms. The Kier molecular flexibility index (Phi) is 10.3. The summed E-state index contributed by atoms with van der Waals surface area (Å²) in [6.07, 6.45) is 1.90. The van der Waals surface area contributed by atoms with Crippen molar-refractivity contribution < 1.29 is 25.8 Å². The molecule has 6 aromatic carbocycles. The zero-order valence-electron chi connectivity index (χ0n) is 34.9. The summed E-state index contributed by atoms with van der Waals surface area (Å²) in [6.45, 7) is 20.2. The minimum atomic E-state index is -0.168. The van der Waals surface area contributed by atoms with Gasteiger partial charge in [-0.2, -0.15) is 6.07 Å². The van der Waals surface area contributed by atoms with E-state index in [4.69, 9.17) is 9.72 Å². The summed E-state index contributed by atoms with van der Waals surface area (Å²) in [6, 6.07) is 56.8. The second kappa shape index (κ2) is 15.2. The molecule has 300 valence electrons.